The van der Waals surface area contributed by atoms with Crippen molar-refractivity contribution in [3.8, 4) is 16.9 Å². The zero-order valence-electron chi connectivity index (χ0n) is 19.2. The van der Waals surface area contributed by atoms with Crippen LogP contribution in [-0.4, -0.2) is 39.9 Å². The third kappa shape index (κ3) is 2.85. The van der Waals surface area contributed by atoms with Gasteiger partial charge in [-0.25, -0.2) is 4.98 Å². The van der Waals surface area contributed by atoms with Crippen LogP contribution >= 0.6 is 0 Å². The first-order valence-corrected chi connectivity index (χ1v) is 11.7. The van der Waals surface area contributed by atoms with Gasteiger partial charge in [-0.05, 0) is 53.1 Å². The summed E-state index contributed by atoms with van der Waals surface area (Å²) in [6.45, 7) is -2.50. The van der Waals surface area contributed by atoms with E-state index in [0.29, 0.717) is 29.7 Å². The molecule has 0 spiro atoms. The number of hydrogen-bond donors (Lipinski definition) is 1. The maximum absolute atomic E-state index is 13.3. The smallest absolute Gasteiger partial charge is 0.387 e. The number of nitrogens with zero attached hydrogens (tertiary/aromatic N) is 3. The quantitative estimate of drug-likeness (QED) is 0.457. The third-order valence-electron chi connectivity index (χ3n) is 7.53. The summed E-state index contributed by atoms with van der Waals surface area (Å²) in [6.07, 6.45) is 0.522. The Balaban J connectivity index is 1.42. The van der Waals surface area contributed by atoms with E-state index in [1.165, 1.54) is 6.07 Å². The minimum atomic E-state index is -3.00. The summed E-state index contributed by atoms with van der Waals surface area (Å²) in [6, 6.07) is 15.8. The van der Waals surface area contributed by atoms with Gasteiger partial charge in [0.05, 0.1) is 23.1 Å². The Hall–Kier alpha value is -4.27. The monoisotopic (exact) mass is 486 g/mol. The number of fused-ring (bicyclic) bond motifs is 10. The highest BCUT2D eigenvalue weighted by Crippen LogP contribution is 2.50. The number of carbonyl (C=O) groups excluding carboxylic acids is 2. The standard InChI is InChI=1S/C27H20F2N4O3/c1-32-21-11-20(23-17(26(32)35)3-2-4-22(23)36-27(28)29)33-19-10-14(6-8-18(19)31-24(21)33)13-5-7-16-15(9-13)12-30-25(16)34/h2-10,20-21,27H,11-12H2,1H3,(H,30,34)/t20-,21?/m1/s1. The van der Waals surface area contributed by atoms with Crippen molar-refractivity contribution >= 4 is 22.8 Å². The van der Waals surface area contributed by atoms with E-state index in [1.54, 1.807) is 24.1 Å². The highest BCUT2D eigenvalue weighted by molar-refractivity contribution is 5.99. The second-order valence-electron chi connectivity index (χ2n) is 9.38. The van der Waals surface area contributed by atoms with Gasteiger partial charge in [-0.3, -0.25) is 9.59 Å². The normalized spacial score (nSPS) is 19.8. The largest absolute Gasteiger partial charge is 0.434 e. The molecule has 1 N–H and O–H groups in total. The Bertz CT molecular complexity index is 1610. The number of halogens is 2. The van der Waals surface area contributed by atoms with E-state index < -0.39 is 6.61 Å². The van der Waals surface area contributed by atoms with Gasteiger partial charge in [0, 0.05) is 36.7 Å². The SMILES string of the molecule is CN1C(=O)c2cccc(OC(F)F)c2[C@H]2CC1c1nc3ccc(-c4ccc5c(c4)CNC5=O)cc3n12. The molecule has 0 radical (unpaired) electrons. The van der Waals surface area contributed by atoms with Crippen LogP contribution in [0, 0.1) is 0 Å². The number of aromatic nitrogens is 2. The number of hydrogen-bond acceptors (Lipinski definition) is 4. The average Bonchev–Trinajstić information content (AvgIpc) is 3.52. The van der Waals surface area contributed by atoms with E-state index in [2.05, 4.69) is 9.88 Å². The number of benzene rings is 3. The molecule has 0 aliphatic carbocycles. The number of amides is 2. The second-order valence-corrected chi connectivity index (χ2v) is 9.38. The summed E-state index contributed by atoms with van der Waals surface area (Å²) in [4.78, 5) is 31.7. The Morgan fingerprint density at radius 2 is 1.83 bits per heavy atom. The van der Waals surface area contributed by atoms with Crippen LogP contribution in [0.5, 0.6) is 5.75 Å². The number of alkyl halides is 2. The van der Waals surface area contributed by atoms with Gasteiger partial charge in [0.15, 0.2) is 0 Å². The lowest BCUT2D eigenvalue weighted by Crippen LogP contribution is -2.30. The molecule has 9 heteroatoms. The number of imidazole rings is 1. The summed E-state index contributed by atoms with van der Waals surface area (Å²) < 4.78 is 33.5. The van der Waals surface area contributed by atoms with Crippen molar-refractivity contribution in [3.05, 3.63) is 82.7 Å². The second kappa shape index (κ2) is 7.36. The molecule has 1 unspecified atom stereocenters. The topological polar surface area (TPSA) is 76.5 Å². The zero-order chi connectivity index (χ0) is 24.7. The molecule has 7 nitrogen and oxygen atoms in total. The average molecular weight is 486 g/mol. The summed E-state index contributed by atoms with van der Waals surface area (Å²) in [5.41, 5.74) is 5.99. The van der Waals surface area contributed by atoms with Crippen molar-refractivity contribution in [2.75, 3.05) is 7.05 Å². The fourth-order valence-corrected chi connectivity index (χ4v) is 5.87. The summed E-state index contributed by atoms with van der Waals surface area (Å²) in [7, 11) is 1.72. The first kappa shape index (κ1) is 21.0. The molecule has 3 aromatic carbocycles. The highest BCUT2D eigenvalue weighted by atomic mass is 19.3. The van der Waals surface area contributed by atoms with E-state index in [4.69, 9.17) is 9.72 Å². The molecule has 3 aliphatic heterocycles. The van der Waals surface area contributed by atoms with Crippen LogP contribution in [-0.2, 0) is 6.54 Å². The van der Waals surface area contributed by atoms with Crippen molar-refractivity contribution in [1.29, 1.82) is 0 Å². The molecule has 3 aliphatic rings. The molecule has 1 aromatic heterocycles. The van der Waals surface area contributed by atoms with E-state index in [-0.39, 0.29) is 29.6 Å². The predicted molar refractivity (Wildman–Crippen MR) is 127 cm³/mol. The Labute approximate surface area is 204 Å². The van der Waals surface area contributed by atoms with Crippen LogP contribution in [0.2, 0.25) is 0 Å². The van der Waals surface area contributed by atoms with Gasteiger partial charge < -0.3 is 19.5 Å². The molecule has 0 saturated heterocycles. The number of ether oxygens (including phenoxy) is 1. The lowest BCUT2D eigenvalue weighted by Gasteiger charge is -2.24. The predicted octanol–water partition coefficient (Wildman–Crippen LogP) is 4.67. The van der Waals surface area contributed by atoms with Gasteiger partial charge in [-0.2, -0.15) is 8.78 Å². The molecule has 36 heavy (non-hydrogen) atoms. The first-order valence-electron chi connectivity index (χ1n) is 11.7. The first-order chi connectivity index (χ1) is 17.4. The molecule has 2 bridgehead atoms. The number of nitrogens with one attached hydrogen (secondary N) is 1. The Kier molecular flexibility index (Phi) is 4.31. The number of rotatable bonds is 3. The zero-order valence-corrected chi connectivity index (χ0v) is 19.2. The molecule has 4 aromatic rings. The van der Waals surface area contributed by atoms with E-state index in [9.17, 15) is 18.4 Å². The van der Waals surface area contributed by atoms with Crippen LogP contribution in [0.25, 0.3) is 22.2 Å². The van der Waals surface area contributed by atoms with E-state index >= 15 is 0 Å². The van der Waals surface area contributed by atoms with Gasteiger partial charge in [0.25, 0.3) is 11.8 Å². The van der Waals surface area contributed by atoms with Gasteiger partial charge >= 0.3 is 6.61 Å². The summed E-state index contributed by atoms with van der Waals surface area (Å²) in [5.74, 6) is 0.432. The molecular formula is C27H20F2N4O3. The van der Waals surface area contributed by atoms with E-state index in [1.807, 2.05) is 36.4 Å². The van der Waals surface area contributed by atoms with Crippen LogP contribution in [0.15, 0.2) is 54.6 Å². The molecular weight excluding hydrogens is 466 g/mol. The van der Waals surface area contributed by atoms with Gasteiger partial charge in [0.1, 0.15) is 11.6 Å². The molecule has 7 rings (SSSR count). The lowest BCUT2D eigenvalue weighted by atomic mass is 9.97. The van der Waals surface area contributed by atoms with Gasteiger partial charge in [-0.15, -0.1) is 0 Å². The van der Waals surface area contributed by atoms with Crippen LogP contribution in [0.3, 0.4) is 0 Å². The lowest BCUT2D eigenvalue weighted by molar-refractivity contribution is -0.0507. The fraction of sp³-hybridized carbons (Fsp3) is 0.222. The Morgan fingerprint density at radius 3 is 2.67 bits per heavy atom. The Morgan fingerprint density at radius 1 is 1.03 bits per heavy atom. The van der Waals surface area contributed by atoms with E-state index in [0.717, 1.165) is 33.5 Å². The maximum Gasteiger partial charge on any atom is 0.387 e. The summed E-state index contributed by atoms with van der Waals surface area (Å²) in [5, 5.41) is 2.84. The summed E-state index contributed by atoms with van der Waals surface area (Å²) >= 11 is 0. The maximum atomic E-state index is 13.3. The highest BCUT2D eigenvalue weighted by Gasteiger charge is 2.45. The van der Waals surface area contributed by atoms with Crippen molar-refractivity contribution in [2.45, 2.75) is 31.7 Å². The van der Waals surface area contributed by atoms with Crippen molar-refractivity contribution in [3.63, 3.8) is 0 Å². The van der Waals surface area contributed by atoms with Crippen molar-refractivity contribution in [2.24, 2.45) is 0 Å². The van der Waals surface area contributed by atoms with Crippen LogP contribution < -0.4 is 10.1 Å². The van der Waals surface area contributed by atoms with Gasteiger partial charge in [0.2, 0.25) is 0 Å². The van der Waals surface area contributed by atoms with Crippen LogP contribution in [0.1, 0.15) is 56.2 Å². The fourth-order valence-electron chi connectivity index (χ4n) is 5.87. The van der Waals surface area contributed by atoms with Crippen molar-refractivity contribution < 1.29 is 23.1 Å². The van der Waals surface area contributed by atoms with Crippen molar-refractivity contribution in [1.82, 2.24) is 19.8 Å². The molecule has 2 atom stereocenters. The van der Waals surface area contributed by atoms with Gasteiger partial charge in [-0.1, -0.05) is 18.2 Å². The molecule has 0 fully saturated rings. The third-order valence-corrected chi connectivity index (χ3v) is 7.53. The molecule has 4 heterocycles. The molecule has 180 valence electrons. The molecule has 0 saturated carbocycles. The van der Waals surface area contributed by atoms with Crippen LogP contribution in [0.4, 0.5) is 8.78 Å². The minimum Gasteiger partial charge on any atom is -0.434 e. The molecule has 2 amide bonds. The minimum absolute atomic E-state index is 0.0107. The number of carbonyl (C=O) groups is 2.